The number of carbonyl (C=O) groups is 1. The van der Waals surface area contributed by atoms with Gasteiger partial charge in [0.15, 0.2) is 11.0 Å². The lowest BCUT2D eigenvalue weighted by atomic mass is 10.2. The van der Waals surface area contributed by atoms with E-state index in [-0.39, 0.29) is 12.5 Å². The number of nitrogens with zero attached hydrogens (tertiary/aromatic N) is 3. The van der Waals surface area contributed by atoms with Gasteiger partial charge in [-0.05, 0) is 48.0 Å². The molecule has 31 heavy (non-hydrogen) atoms. The first kappa shape index (κ1) is 21.6. The molecule has 156 valence electrons. The number of carbonyl (C=O) groups excluding carboxylic acids is 1. The van der Waals surface area contributed by atoms with Gasteiger partial charge in [0, 0.05) is 20.8 Å². The van der Waals surface area contributed by atoms with E-state index in [1.165, 1.54) is 5.56 Å². The van der Waals surface area contributed by atoms with Gasteiger partial charge in [-0.1, -0.05) is 75.7 Å². The van der Waals surface area contributed by atoms with Crippen LogP contribution in [0.15, 0.2) is 88.5 Å². The van der Waals surface area contributed by atoms with E-state index in [9.17, 15) is 4.79 Å². The number of nitrogens with one attached hydrogen (secondary N) is 1. The zero-order chi connectivity index (χ0) is 21.6. The highest BCUT2D eigenvalue weighted by atomic mass is 79.9. The molecule has 0 aliphatic carbocycles. The number of halogens is 2. The minimum absolute atomic E-state index is 0.162. The van der Waals surface area contributed by atoms with E-state index in [1.807, 2.05) is 59.2 Å². The van der Waals surface area contributed by atoms with E-state index >= 15 is 0 Å². The maximum atomic E-state index is 12.5. The van der Waals surface area contributed by atoms with Gasteiger partial charge in [0.1, 0.15) is 0 Å². The molecule has 1 heterocycles. The van der Waals surface area contributed by atoms with Gasteiger partial charge in [-0.3, -0.25) is 9.36 Å². The molecule has 0 unspecified atom stereocenters. The van der Waals surface area contributed by atoms with E-state index in [2.05, 4.69) is 43.6 Å². The van der Waals surface area contributed by atoms with Crippen molar-refractivity contribution >= 4 is 45.2 Å². The Morgan fingerprint density at radius 2 is 1.77 bits per heavy atom. The van der Waals surface area contributed by atoms with Gasteiger partial charge in [-0.25, -0.2) is 0 Å². The number of benzene rings is 3. The topological polar surface area (TPSA) is 59.8 Å². The highest BCUT2D eigenvalue weighted by molar-refractivity contribution is 9.10. The van der Waals surface area contributed by atoms with E-state index in [4.69, 9.17) is 11.6 Å². The number of hydrogen-bond acceptors (Lipinski definition) is 4. The molecule has 8 heteroatoms. The molecule has 0 radical (unpaired) electrons. The van der Waals surface area contributed by atoms with Crippen molar-refractivity contribution in [2.75, 3.05) is 0 Å². The van der Waals surface area contributed by atoms with Gasteiger partial charge in [0.2, 0.25) is 0 Å². The lowest BCUT2D eigenvalue weighted by molar-refractivity contribution is 0.0949. The number of amides is 1. The Kier molecular flexibility index (Phi) is 7.06. The van der Waals surface area contributed by atoms with Crippen LogP contribution >= 0.6 is 39.3 Å². The average molecular weight is 514 g/mol. The van der Waals surface area contributed by atoms with E-state index < -0.39 is 0 Å². The van der Waals surface area contributed by atoms with Gasteiger partial charge in [-0.2, -0.15) is 0 Å². The van der Waals surface area contributed by atoms with Crippen molar-refractivity contribution in [2.45, 2.75) is 17.5 Å². The summed E-state index contributed by atoms with van der Waals surface area (Å²) in [5.74, 6) is 1.21. The highest BCUT2D eigenvalue weighted by Crippen LogP contribution is 2.27. The summed E-state index contributed by atoms with van der Waals surface area (Å²) in [7, 11) is 0. The van der Waals surface area contributed by atoms with Crippen LogP contribution in [0.5, 0.6) is 0 Å². The first-order valence-electron chi connectivity index (χ1n) is 9.51. The summed E-state index contributed by atoms with van der Waals surface area (Å²) >= 11 is 11.3. The number of aromatic nitrogens is 3. The largest absolute Gasteiger partial charge is 0.345 e. The molecule has 4 aromatic rings. The standard InChI is InChI=1S/C23H18BrClN4OS/c24-18-11-9-16(10-12-18)15-31-23-28-27-21(29(23)20-8-4-7-19(25)13-20)14-26-22(30)17-5-2-1-3-6-17/h1-13H,14-15H2,(H,26,30). The highest BCUT2D eigenvalue weighted by Gasteiger charge is 2.16. The number of thioether (sulfide) groups is 1. The van der Waals surface area contributed by atoms with Gasteiger partial charge in [-0.15, -0.1) is 10.2 Å². The molecule has 0 saturated carbocycles. The molecular weight excluding hydrogens is 496 g/mol. The Morgan fingerprint density at radius 3 is 2.52 bits per heavy atom. The Hall–Kier alpha value is -2.61. The Morgan fingerprint density at radius 1 is 1.00 bits per heavy atom. The predicted molar refractivity (Wildman–Crippen MR) is 128 cm³/mol. The Bertz CT molecular complexity index is 1180. The van der Waals surface area contributed by atoms with Crippen LogP contribution in [0.1, 0.15) is 21.7 Å². The fraction of sp³-hybridized carbons (Fsp3) is 0.0870. The third-order valence-corrected chi connectivity index (χ3v) is 6.25. The van der Waals surface area contributed by atoms with Gasteiger partial charge >= 0.3 is 0 Å². The van der Waals surface area contributed by atoms with Crippen LogP contribution in [0.2, 0.25) is 5.02 Å². The van der Waals surface area contributed by atoms with Gasteiger partial charge in [0.05, 0.1) is 12.2 Å². The van der Waals surface area contributed by atoms with Crippen LogP contribution in [-0.4, -0.2) is 20.7 Å². The third kappa shape index (κ3) is 5.55. The molecule has 5 nitrogen and oxygen atoms in total. The van der Waals surface area contributed by atoms with Crippen LogP contribution < -0.4 is 5.32 Å². The number of rotatable bonds is 7. The molecular formula is C23H18BrClN4OS. The Labute approximate surface area is 198 Å². The lowest BCUT2D eigenvalue weighted by Gasteiger charge is -2.11. The van der Waals surface area contributed by atoms with Crippen molar-refractivity contribution < 1.29 is 4.79 Å². The van der Waals surface area contributed by atoms with Crippen molar-refractivity contribution in [1.29, 1.82) is 0 Å². The van der Waals surface area contributed by atoms with E-state index in [0.29, 0.717) is 16.4 Å². The molecule has 0 aliphatic rings. The molecule has 1 amide bonds. The minimum Gasteiger partial charge on any atom is -0.345 e. The van der Waals surface area contributed by atoms with E-state index in [0.717, 1.165) is 21.1 Å². The van der Waals surface area contributed by atoms with Crippen LogP contribution in [0, 0.1) is 0 Å². The maximum absolute atomic E-state index is 12.5. The van der Waals surface area contributed by atoms with Gasteiger partial charge in [0.25, 0.3) is 5.91 Å². The second-order valence-corrected chi connectivity index (χ2v) is 8.97. The molecule has 0 bridgehead atoms. The molecule has 0 aliphatic heterocycles. The molecule has 0 atom stereocenters. The summed E-state index contributed by atoms with van der Waals surface area (Å²) in [5.41, 5.74) is 2.62. The smallest absolute Gasteiger partial charge is 0.251 e. The van der Waals surface area contributed by atoms with E-state index in [1.54, 1.807) is 23.9 Å². The quantitative estimate of drug-likeness (QED) is 0.312. The summed E-state index contributed by atoms with van der Waals surface area (Å²) < 4.78 is 2.97. The minimum atomic E-state index is -0.162. The van der Waals surface area contributed by atoms with Crippen molar-refractivity contribution in [3.05, 3.63) is 105 Å². The predicted octanol–water partition coefficient (Wildman–Crippen LogP) is 5.91. The van der Waals surface area contributed by atoms with Crippen LogP contribution in [0.25, 0.3) is 5.69 Å². The summed E-state index contributed by atoms with van der Waals surface area (Å²) in [4.78, 5) is 12.5. The molecule has 0 saturated heterocycles. The maximum Gasteiger partial charge on any atom is 0.251 e. The SMILES string of the molecule is O=C(NCc1nnc(SCc2ccc(Br)cc2)n1-c1cccc(Cl)c1)c1ccccc1. The summed E-state index contributed by atoms with van der Waals surface area (Å²) in [6, 6.07) is 24.8. The average Bonchev–Trinajstić information content (AvgIpc) is 3.20. The molecule has 1 N–H and O–H groups in total. The summed E-state index contributed by atoms with van der Waals surface area (Å²) in [6.45, 7) is 0.242. The fourth-order valence-electron chi connectivity index (χ4n) is 2.96. The first-order valence-corrected chi connectivity index (χ1v) is 11.7. The van der Waals surface area contributed by atoms with Crippen LogP contribution in [-0.2, 0) is 12.3 Å². The van der Waals surface area contributed by atoms with Crippen LogP contribution in [0.4, 0.5) is 0 Å². The lowest BCUT2D eigenvalue weighted by Crippen LogP contribution is -2.24. The third-order valence-electron chi connectivity index (χ3n) is 4.49. The first-order chi connectivity index (χ1) is 15.1. The second kappa shape index (κ2) is 10.1. The zero-order valence-electron chi connectivity index (χ0n) is 16.3. The van der Waals surface area contributed by atoms with Gasteiger partial charge < -0.3 is 5.32 Å². The summed E-state index contributed by atoms with van der Waals surface area (Å²) in [5, 5.41) is 13.0. The van der Waals surface area contributed by atoms with Crippen LogP contribution in [0.3, 0.4) is 0 Å². The zero-order valence-corrected chi connectivity index (χ0v) is 19.5. The molecule has 0 fully saturated rings. The molecule has 4 rings (SSSR count). The monoisotopic (exact) mass is 512 g/mol. The molecule has 1 aromatic heterocycles. The Balaban J connectivity index is 1.57. The van der Waals surface area contributed by atoms with Crippen molar-refractivity contribution in [2.24, 2.45) is 0 Å². The summed E-state index contributed by atoms with van der Waals surface area (Å²) in [6.07, 6.45) is 0. The fourth-order valence-corrected chi connectivity index (χ4v) is 4.34. The normalized spacial score (nSPS) is 10.8. The van der Waals surface area contributed by atoms with Crippen molar-refractivity contribution in [3.63, 3.8) is 0 Å². The van der Waals surface area contributed by atoms with Crippen molar-refractivity contribution in [1.82, 2.24) is 20.1 Å². The molecule has 0 spiro atoms. The second-order valence-electron chi connectivity index (χ2n) is 6.68. The molecule has 3 aromatic carbocycles. The number of hydrogen-bond donors (Lipinski definition) is 1. The van der Waals surface area contributed by atoms with Crippen molar-refractivity contribution in [3.8, 4) is 5.69 Å².